The van der Waals surface area contributed by atoms with E-state index in [1.807, 2.05) is 6.92 Å². The summed E-state index contributed by atoms with van der Waals surface area (Å²) in [4.78, 5) is 4.40. The third-order valence-corrected chi connectivity index (χ3v) is 4.31. The van der Waals surface area contributed by atoms with Crippen LogP contribution in [0, 0.1) is 0 Å². The molecule has 1 heterocycles. The molecule has 1 unspecified atom stereocenters. The second-order valence-electron chi connectivity index (χ2n) is 4.70. The molecular formula is C10H17N3O2S2. The average molecular weight is 275 g/mol. The van der Waals surface area contributed by atoms with Crippen molar-refractivity contribution in [1.29, 1.82) is 0 Å². The van der Waals surface area contributed by atoms with Crippen molar-refractivity contribution in [1.82, 2.24) is 9.36 Å². The lowest BCUT2D eigenvalue weighted by Crippen LogP contribution is -2.19. The van der Waals surface area contributed by atoms with Gasteiger partial charge in [-0.3, -0.25) is 0 Å². The molecule has 1 fully saturated rings. The maximum Gasteiger partial charge on any atom is 0.202 e. The maximum absolute atomic E-state index is 11.0. The van der Waals surface area contributed by atoms with Crippen LogP contribution in [0.5, 0.6) is 0 Å². The van der Waals surface area contributed by atoms with E-state index < -0.39 is 9.84 Å². The van der Waals surface area contributed by atoms with Gasteiger partial charge in [0.2, 0.25) is 5.13 Å². The summed E-state index contributed by atoms with van der Waals surface area (Å²) in [6.45, 7) is 1.96. The molecule has 0 spiro atoms. The van der Waals surface area contributed by atoms with Gasteiger partial charge in [-0.25, -0.2) is 13.4 Å². The smallest absolute Gasteiger partial charge is 0.202 e. The molecule has 1 atom stereocenters. The Balaban J connectivity index is 1.82. The van der Waals surface area contributed by atoms with Gasteiger partial charge in [0.15, 0.2) is 0 Å². The molecule has 2 rings (SSSR count). The van der Waals surface area contributed by atoms with Crippen molar-refractivity contribution < 1.29 is 8.42 Å². The fourth-order valence-electron chi connectivity index (χ4n) is 1.47. The van der Waals surface area contributed by atoms with Gasteiger partial charge >= 0.3 is 0 Å². The summed E-state index contributed by atoms with van der Waals surface area (Å²) >= 11 is 1.36. The van der Waals surface area contributed by atoms with Gasteiger partial charge in [-0.15, -0.1) is 0 Å². The van der Waals surface area contributed by atoms with E-state index in [4.69, 9.17) is 0 Å². The Kier molecular flexibility index (Phi) is 3.67. The number of nitrogens with one attached hydrogen (secondary N) is 1. The summed E-state index contributed by atoms with van der Waals surface area (Å²) in [5.41, 5.74) is 0. The first-order valence-electron chi connectivity index (χ1n) is 5.72. The number of sulfone groups is 1. The average Bonchev–Trinajstić information content (AvgIpc) is 2.97. The second-order valence-corrected chi connectivity index (χ2v) is 7.71. The summed E-state index contributed by atoms with van der Waals surface area (Å²) in [6.07, 6.45) is 4.24. The van der Waals surface area contributed by atoms with Crippen LogP contribution in [0.2, 0.25) is 0 Å². The van der Waals surface area contributed by atoms with Crippen LogP contribution in [0.15, 0.2) is 0 Å². The van der Waals surface area contributed by atoms with Gasteiger partial charge < -0.3 is 5.32 Å². The van der Waals surface area contributed by atoms with E-state index >= 15 is 0 Å². The van der Waals surface area contributed by atoms with Gasteiger partial charge in [0.25, 0.3) is 0 Å². The summed E-state index contributed by atoms with van der Waals surface area (Å²) in [6, 6.07) is 0.102. The minimum atomic E-state index is -2.88. The highest BCUT2D eigenvalue weighted by Crippen LogP contribution is 2.39. The fraction of sp³-hybridized carbons (Fsp3) is 0.800. The van der Waals surface area contributed by atoms with Crippen molar-refractivity contribution in [3.63, 3.8) is 0 Å². The number of anilines is 1. The van der Waals surface area contributed by atoms with Gasteiger partial charge in [-0.2, -0.15) is 4.37 Å². The monoisotopic (exact) mass is 275 g/mol. The zero-order chi connectivity index (χ0) is 12.5. The van der Waals surface area contributed by atoms with Crippen molar-refractivity contribution in [3.8, 4) is 0 Å². The van der Waals surface area contributed by atoms with Crippen LogP contribution < -0.4 is 5.32 Å². The normalized spacial score (nSPS) is 18.0. The molecule has 1 saturated carbocycles. The van der Waals surface area contributed by atoms with E-state index in [0.29, 0.717) is 12.3 Å². The minimum Gasteiger partial charge on any atom is -0.358 e. The molecule has 1 aromatic heterocycles. The quantitative estimate of drug-likeness (QED) is 0.854. The van der Waals surface area contributed by atoms with Crippen molar-refractivity contribution in [2.45, 2.75) is 38.1 Å². The van der Waals surface area contributed by atoms with Crippen LogP contribution in [0.25, 0.3) is 0 Å². The molecule has 0 bridgehead atoms. The van der Waals surface area contributed by atoms with Gasteiger partial charge in [0, 0.05) is 29.7 Å². The summed E-state index contributed by atoms with van der Waals surface area (Å²) in [7, 11) is -2.88. The molecule has 96 valence electrons. The fourth-order valence-corrected chi connectivity index (χ4v) is 3.01. The Morgan fingerprint density at radius 3 is 2.82 bits per heavy atom. The molecule has 0 aliphatic heterocycles. The standard InChI is InChI=1S/C10H17N3O2S2/c1-7(5-6-17(2,14)15)11-10-12-9(13-16-10)8-3-4-8/h7-8H,3-6H2,1-2H3,(H,11,12,13). The third-order valence-electron chi connectivity index (χ3n) is 2.68. The van der Waals surface area contributed by atoms with Crippen LogP contribution >= 0.6 is 11.5 Å². The van der Waals surface area contributed by atoms with Crippen LogP contribution in [0.3, 0.4) is 0 Å². The molecule has 1 aromatic rings. The molecule has 5 nitrogen and oxygen atoms in total. The second kappa shape index (κ2) is 4.89. The Hall–Kier alpha value is -0.690. The van der Waals surface area contributed by atoms with Gasteiger partial charge in [-0.1, -0.05) is 0 Å². The highest BCUT2D eigenvalue weighted by molar-refractivity contribution is 7.90. The Bertz CT molecular complexity index is 479. The number of hydrogen-bond acceptors (Lipinski definition) is 6. The molecule has 1 aliphatic rings. The van der Waals surface area contributed by atoms with E-state index in [0.717, 1.165) is 11.0 Å². The Morgan fingerprint density at radius 1 is 1.53 bits per heavy atom. The van der Waals surface area contributed by atoms with E-state index in [2.05, 4.69) is 14.7 Å². The summed E-state index contributed by atoms with van der Waals surface area (Å²) in [5.74, 6) is 1.70. The summed E-state index contributed by atoms with van der Waals surface area (Å²) in [5, 5.41) is 4.00. The van der Waals surface area contributed by atoms with Crippen molar-refractivity contribution >= 4 is 26.5 Å². The number of rotatable bonds is 6. The highest BCUT2D eigenvalue weighted by atomic mass is 32.2. The van der Waals surface area contributed by atoms with E-state index in [1.54, 1.807) is 0 Å². The van der Waals surface area contributed by atoms with Gasteiger partial charge in [0.05, 0.1) is 5.75 Å². The van der Waals surface area contributed by atoms with Gasteiger partial charge in [-0.05, 0) is 26.2 Å². The lowest BCUT2D eigenvalue weighted by molar-refractivity contribution is 0.595. The Labute approximate surface area is 106 Å². The van der Waals surface area contributed by atoms with Crippen LogP contribution in [0.4, 0.5) is 5.13 Å². The van der Waals surface area contributed by atoms with Crippen LogP contribution in [0.1, 0.15) is 37.9 Å². The molecule has 0 saturated heterocycles. The van der Waals surface area contributed by atoms with Crippen molar-refractivity contribution in [2.24, 2.45) is 0 Å². The topological polar surface area (TPSA) is 72.0 Å². The molecule has 1 N–H and O–H groups in total. The third kappa shape index (κ3) is 4.23. The first-order valence-corrected chi connectivity index (χ1v) is 8.55. The molecule has 17 heavy (non-hydrogen) atoms. The molecular weight excluding hydrogens is 258 g/mol. The lowest BCUT2D eigenvalue weighted by atomic mass is 10.3. The highest BCUT2D eigenvalue weighted by Gasteiger charge is 2.27. The molecule has 7 heteroatoms. The molecule has 0 aromatic carbocycles. The molecule has 0 radical (unpaired) electrons. The summed E-state index contributed by atoms with van der Waals surface area (Å²) < 4.78 is 26.4. The number of aromatic nitrogens is 2. The van der Waals surface area contributed by atoms with Gasteiger partial charge in [0.1, 0.15) is 15.7 Å². The predicted octanol–water partition coefficient (Wildman–Crippen LogP) is 1.65. The van der Waals surface area contributed by atoms with E-state index in [9.17, 15) is 8.42 Å². The Morgan fingerprint density at radius 2 is 2.24 bits per heavy atom. The van der Waals surface area contributed by atoms with Crippen LogP contribution in [-0.4, -0.2) is 35.8 Å². The predicted molar refractivity (Wildman–Crippen MR) is 69.3 cm³/mol. The zero-order valence-corrected chi connectivity index (χ0v) is 11.6. The first kappa shape index (κ1) is 12.8. The number of hydrogen-bond donors (Lipinski definition) is 1. The minimum absolute atomic E-state index is 0.102. The van der Waals surface area contributed by atoms with E-state index in [1.165, 1.54) is 30.6 Å². The SMILES string of the molecule is CC(CCS(C)(=O)=O)Nc1nc(C2CC2)ns1. The van der Waals surface area contributed by atoms with Crippen LogP contribution in [-0.2, 0) is 9.84 Å². The number of nitrogens with zero attached hydrogens (tertiary/aromatic N) is 2. The molecule has 0 amide bonds. The first-order chi connectivity index (χ1) is 7.94. The largest absolute Gasteiger partial charge is 0.358 e. The van der Waals surface area contributed by atoms with Crippen molar-refractivity contribution in [2.75, 3.05) is 17.3 Å². The maximum atomic E-state index is 11.0. The van der Waals surface area contributed by atoms with E-state index in [-0.39, 0.29) is 11.8 Å². The lowest BCUT2D eigenvalue weighted by Gasteiger charge is -2.11. The molecule has 1 aliphatic carbocycles. The van der Waals surface area contributed by atoms with Crippen molar-refractivity contribution in [3.05, 3.63) is 5.82 Å². The zero-order valence-electron chi connectivity index (χ0n) is 10.0.